The molecule has 0 atom stereocenters. The third kappa shape index (κ3) is 4.52. The quantitative estimate of drug-likeness (QED) is 0.426. The Labute approximate surface area is 163 Å². The number of benzene rings is 2. The number of nitro groups is 1. The Morgan fingerprint density at radius 2 is 1.71 bits per heavy atom. The number of hydrogen-bond acceptors (Lipinski definition) is 6. The van der Waals surface area contributed by atoms with Gasteiger partial charge in [0, 0.05) is 51.4 Å². The van der Waals surface area contributed by atoms with E-state index in [2.05, 4.69) is 5.32 Å². The highest BCUT2D eigenvalue weighted by atomic mass is 16.6. The molecule has 2 aromatic carbocycles. The highest BCUT2D eigenvalue weighted by molar-refractivity contribution is 6.15. The van der Waals surface area contributed by atoms with Crippen molar-refractivity contribution in [3.8, 4) is 0 Å². The van der Waals surface area contributed by atoms with E-state index in [0.717, 1.165) is 0 Å². The molecule has 2 rings (SSSR count). The molecule has 1 amide bonds. The minimum atomic E-state index is -0.519. The molecule has 0 saturated heterocycles. The van der Waals surface area contributed by atoms with Gasteiger partial charge >= 0.3 is 0 Å². The Bertz CT molecular complexity index is 896. The van der Waals surface area contributed by atoms with Crippen molar-refractivity contribution in [2.24, 2.45) is 0 Å². The van der Waals surface area contributed by atoms with Crippen LogP contribution in [0.3, 0.4) is 0 Å². The number of nitrogens with zero attached hydrogens (tertiary/aromatic N) is 3. The summed E-state index contributed by atoms with van der Waals surface area (Å²) in [5.74, 6) is -0.710. The largest absolute Gasteiger partial charge is 0.372 e. The summed E-state index contributed by atoms with van der Waals surface area (Å²) >= 11 is 0. The number of nitrogens with one attached hydrogen (secondary N) is 1. The number of ketones is 1. The molecule has 8 nitrogen and oxygen atoms in total. The number of likely N-dealkylation sites (N-methyl/N-ethyl adjacent to an activating group) is 2. The highest BCUT2D eigenvalue weighted by Gasteiger charge is 2.23. The van der Waals surface area contributed by atoms with Gasteiger partial charge in [0.15, 0.2) is 5.78 Å². The summed E-state index contributed by atoms with van der Waals surface area (Å²) in [5.41, 5.74) is 0.889. The standard InChI is InChI=1S/C20H24N4O4/c1-21-11-12-23(4)20(26)16-8-6-5-7-15(16)19(25)14-9-10-17(22(2)3)18(13-14)24(27)28/h5-10,13,21H,11-12H2,1-4H3. The third-order valence-electron chi connectivity index (χ3n) is 4.36. The maximum absolute atomic E-state index is 13.0. The molecule has 0 aromatic heterocycles. The van der Waals surface area contributed by atoms with Crippen LogP contribution in [0.1, 0.15) is 26.3 Å². The van der Waals surface area contributed by atoms with Gasteiger partial charge in [0.2, 0.25) is 0 Å². The van der Waals surface area contributed by atoms with Gasteiger partial charge in [-0.1, -0.05) is 18.2 Å². The van der Waals surface area contributed by atoms with E-state index in [0.29, 0.717) is 18.8 Å². The maximum Gasteiger partial charge on any atom is 0.293 e. The summed E-state index contributed by atoms with van der Waals surface area (Å²) in [6.45, 7) is 1.11. The Morgan fingerprint density at radius 1 is 1.07 bits per heavy atom. The molecule has 2 aromatic rings. The van der Waals surface area contributed by atoms with Gasteiger partial charge < -0.3 is 15.1 Å². The molecule has 28 heavy (non-hydrogen) atoms. The second-order valence-electron chi connectivity index (χ2n) is 6.56. The predicted octanol–water partition coefficient (Wildman–Crippen LogP) is 2.18. The van der Waals surface area contributed by atoms with Gasteiger partial charge in [-0.25, -0.2) is 0 Å². The zero-order chi connectivity index (χ0) is 20.8. The van der Waals surface area contributed by atoms with Crippen LogP contribution in [0.2, 0.25) is 0 Å². The predicted molar refractivity (Wildman–Crippen MR) is 108 cm³/mol. The molecule has 0 heterocycles. The molecule has 0 aliphatic rings. The summed E-state index contributed by atoms with van der Waals surface area (Å²) in [6, 6.07) is 10.8. The maximum atomic E-state index is 13.0. The Kier molecular flexibility index (Phi) is 6.84. The highest BCUT2D eigenvalue weighted by Crippen LogP contribution is 2.29. The number of amides is 1. The lowest BCUT2D eigenvalue weighted by molar-refractivity contribution is -0.384. The first-order chi connectivity index (χ1) is 13.3. The topological polar surface area (TPSA) is 95.8 Å². The number of rotatable bonds is 8. The van der Waals surface area contributed by atoms with Crippen molar-refractivity contribution in [1.82, 2.24) is 10.2 Å². The average molecular weight is 384 g/mol. The van der Waals surface area contributed by atoms with E-state index in [-0.39, 0.29) is 28.3 Å². The van der Waals surface area contributed by atoms with E-state index in [9.17, 15) is 19.7 Å². The minimum Gasteiger partial charge on any atom is -0.372 e. The lowest BCUT2D eigenvalue weighted by Crippen LogP contribution is -2.33. The van der Waals surface area contributed by atoms with Crippen molar-refractivity contribution in [1.29, 1.82) is 0 Å². The molecule has 0 aliphatic carbocycles. The van der Waals surface area contributed by atoms with E-state index in [1.807, 2.05) is 0 Å². The molecule has 148 valence electrons. The zero-order valence-electron chi connectivity index (χ0n) is 16.4. The van der Waals surface area contributed by atoms with Gasteiger partial charge in [0.1, 0.15) is 5.69 Å². The fourth-order valence-electron chi connectivity index (χ4n) is 2.80. The van der Waals surface area contributed by atoms with Gasteiger partial charge in [0.05, 0.1) is 10.5 Å². The van der Waals surface area contributed by atoms with Crippen LogP contribution in [-0.2, 0) is 0 Å². The Morgan fingerprint density at radius 3 is 2.29 bits per heavy atom. The molecule has 8 heteroatoms. The van der Waals surface area contributed by atoms with Crippen LogP contribution in [0.4, 0.5) is 11.4 Å². The molecular weight excluding hydrogens is 360 g/mol. The number of hydrogen-bond donors (Lipinski definition) is 1. The van der Waals surface area contributed by atoms with E-state index < -0.39 is 10.7 Å². The van der Waals surface area contributed by atoms with Crippen molar-refractivity contribution in [3.63, 3.8) is 0 Å². The van der Waals surface area contributed by atoms with Crippen molar-refractivity contribution in [3.05, 3.63) is 69.3 Å². The summed E-state index contributed by atoms with van der Waals surface area (Å²) in [6.07, 6.45) is 0. The van der Waals surface area contributed by atoms with Gasteiger partial charge in [-0.15, -0.1) is 0 Å². The summed E-state index contributed by atoms with van der Waals surface area (Å²) in [4.78, 5) is 39.8. The van der Waals surface area contributed by atoms with Crippen molar-refractivity contribution >= 4 is 23.1 Å². The summed E-state index contributed by atoms with van der Waals surface area (Å²) < 4.78 is 0. The number of nitro benzene ring substituents is 1. The van der Waals surface area contributed by atoms with Gasteiger partial charge in [-0.3, -0.25) is 19.7 Å². The second-order valence-corrected chi connectivity index (χ2v) is 6.56. The number of carbonyl (C=O) groups excluding carboxylic acids is 2. The van der Waals surface area contributed by atoms with Crippen molar-refractivity contribution in [2.45, 2.75) is 0 Å². The normalized spacial score (nSPS) is 10.4. The third-order valence-corrected chi connectivity index (χ3v) is 4.36. The molecule has 0 radical (unpaired) electrons. The monoisotopic (exact) mass is 384 g/mol. The van der Waals surface area contributed by atoms with E-state index in [4.69, 9.17) is 0 Å². The first kappa shape index (κ1) is 21.0. The fourth-order valence-corrected chi connectivity index (χ4v) is 2.80. The fraction of sp³-hybridized carbons (Fsp3) is 0.300. The van der Waals surface area contributed by atoms with Crippen LogP contribution < -0.4 is 10.2 Å². The molecule has 0 spiro atoms. The molecular formula is C20H24N4O4. The molecule has 1 N–H and O–H groups in total. The van der Waals surface area contributed by atoms with Crippen molar-refractivity contribution in [2.75, 3.05) is 46.2 Å². The van der Waals surface area contributed by atoms with E-state index in [1.165, 1.54) is 23.1 Å². The van der Waals surface area contributed by atoms with Crippen LogP contribution in [0.15, 0.2) is 42.5 Å². The van der Waals surface area contributed by atoms with Gasteiger partial charge in [-0.05, 0) is 25.2 Å². The van der Waals surface area contributed by atoms with Crippen LogP contribution in [-0.4, -0.2) is 62.8 Å². The zero-order valence-corrected chi connectivity index (χ0v) is 16.4. The SMILES string of the molecule is CNCCN(C)C(=O)c1ccccc1C(=O)c1ccc(N(C)C)c([N+](=O)[O-])c1. The molecule has 0 aliphatic heterocycles. The number of anilines is 1. The summed E-state index contributed by atoms with van der Waals surface area (Å²) in [5, 5.41) is 14.4. The summed E-state index contributed by atoms with van der Waals surface area (Å²) in [7, 11) is 6.84. The average Bonchev–Trinajstić information content (AvgIpc) is 2.70. The Balaban J connectivity index is 2.44. The van der Waals surface area contributed by atoms with Gasteiger partial charge in [0.25, 0.3) is 11.6 Å². The van der Waals surface area contributed by atoms with Crippen LogP contribution in [0, 0.1) is 10.1 Å². The second kappa shape index (κ2) is 9.09. The molecule has 0 unspecified atom stereocenters. The van der Waals surface area contributed by atoms with Crippen molar-refractivity contribution < 1.29 is 14.5 Å². The molecule has 0 fully saturated rings. The molecule has 0 saturated carbocycles. The first-order valence-electron chi connectivity index (χ1n) is 8.77. The van der Waals surface area contributed by atoms with Gasteiger partial charge in [-0.2, -0.15) is 0 Å². The van der Waals surface area contributed by atoms with E-state index in [1.54, 1.807) is 57.4 Å². The van der Waals surface area contributed by atoms with Crippen LogP contribution in [0.5, 0.6) is 0 Å². The smallest absolute Gasteiger partial charge is 0.293 e. The Hall–Kier alpha value is -3.26. The lowest BCUT2D eigenvalue weighted by Gasteiger charge is -2.19. The van der Waals surface area contributed by atoms with Crippen LogP contribution in [0.25, 0.3) is 0 Å². The number of carbonyl (C=O) groups is 2. The minimum absolute atomic E-state index is 0.161. The molecule has 0 bridgehead atoms. The first-order valence-corrected chi connectivity index (χ1v) is 8.77. The van der Waals surface area contributed by atoms with E-state index >= 15 is 0 Å². The lowest BCUT2D eigenvalue weighted by atomic mass is 9.97. The van der Waals surface area contributed by atoms with Crippen LogP contribution >= 0.6 is 0 Å².